The lowest BCUT2D eigenvalue weighted by atomic mass is 9.93. The van der Waals surface area contributed by atoms with Crippen LogP contribution in [0, 0.1) is 0 Å². The van der Waals surface area contributed by atoms with E-state index in [4.69, 9.17) is 0 Å². The Morgan fingerprint density at radius 1 is 1.12 bits per heavy atom. The predicted molar refractivity (Wildman–Crippen MR) is 74.3 cm³/mol. The largest absolute Gasteiger partial charge is 0.272 e. The predicted octanol–water partition coefficient (Wildman–Crippen LogP) is 4.76. The van der Waals surface area contributed by atoms with E-state index in [2.05, 4.69) is 42.9 Å². The van der Waals surface area contributed by atoms with Crippen LogP contribution in [0.25, 0.3) is 0 Å². The zero-order valence-electron chi connectivity index (χ0n) is 11.8. The van der Waals surface area contributed by atoms with Crippen molar-refractivity contribution in [3.8, 4) is 0 Å². The first-order chi connectivity index (χ1) is 8.31. The molecule has 0 fully saturated rings. The smallest absolute Gasteiger partial charge is 0.0524 e. The molecule has 1 unspecified atom stereocenters. The van der Waals surface area contributed by atoms with E-state index >= 15 is 0 Å². The van der Waals surface area contributed by atoms with Crippen LogP contribution in [0.1, 0.15) is 77.2 Å². The van der Waals surface area contributed by atoms with E-state index in [-0.39, 0.29) is 0 Å². The van der Waals surface area contributed by atoms with Crippen LogP contribution < -0.4 is 0 Å². The SMILES string of the molecule is CCCCCCC(CC)c1cnn(CCC)c1. The van der Waals surface area contributed by atoms with Gasteiger partial charge in [0.05, 0.1) is 6.20 Å². The first-order valence-corrected chi connectivity index (χ1v) is 7.34. The summed E-state index contributed by atoms with van der Waals surface area (Å²) in [5.74, 6) is 0.720. The molecule has 0 aliphatic rings. The third kappa shape index (κ3) is 4.93. The Bertz CT molecular complexity index is 291. The molecule has 1 rings (SSSR count). The van der Waals surface area contributed by atoms with Gasteiger partial charge in [-0.1, -0.05) is 46.5 Å². The molecule has 2 nitrogen and oxygen atoms in total. The molecular formula is C15H28N2. The number of aryl methyl sites for hydroxylation is 1. The Balaban J connectivity index is 2.42. The second kappa shape index (κ2) is 8.32. The van der Waals surface area contributed by atoms with Gasteiger partial charge in [0.25, 0.3) is 0 Å². The molecular weight excluding hydrogens is 208 g/mol. The number of hydrogen-bond acceptors (Lipinski definition) is 1. The van der Waals surface area contributed by atoms with Gasteiger partial charge in [-0.15, -0.1) is 0 Å². The minimum Gasteiger partial charge on any atom is -0.272 e. The van der Waals surface area contributed by atoms with Crippen LogP contribution in [0.2, 0.25) is 0 Å². The van der Waals surface area contributed by atoms with Crippen molar-refractivity contribution in [3.63, 3.8) is 0 Å². The summed E-state index contributed by atoms with van der Waals surface area (Å²) in [4.78, 5) is 0. The third-order valence-corrected chi connectivity index (χ3v) is 3.48. The molecule has 0 N–H and O–H groups in total. The molecule has 0 spiro atoms. The zero-order chi connectivity index (χ0) is 12.5. The summed E-state index contributed by atoms with van der Waals surface area (Å²) in [7, 11) is 0. The molecule has 0 bridgehead atoms. The molecule has 0 radical (unpaired) electrons. The van der Waals surface area contributed by atoms with Crippen molar-refractivity contribution in [2.24, 2.45) is 0 Å². The topological polar surface area (TPSA) is 17.8 Å². The summed E-state index contributed by atoms with van der Waals surface area (Å²) < 4.78 is 2.09. The molecule has 0 saturated heterocycles. The van der Waals surface area contributed by atoms with Crippen molar-refractivity contribution in [2.45, 2.75) is 78.2 Å². The molecule has 0 saturated carbocycles. The van der Waals surface area contributed by atoms with Crippen molar-refractivity contribution in [1.82, 2.24) is 9.78 Å². The van der Waals surface area contributed by atoms with E-state index in [0.29, 0.717) is 0 Å². The van der Waals surface area contributed by atoms with Gasteiger partial charge in [0.2, 0.25) is 0 Å². The van der Waals surface area contributed by atoms with Crippen molar-refractivity contribution in [3.05, 3.63) is 18.0 Å². The molecule has 0 aliphatic heterocycles. The lowest BCUT2D eigenvalue weighted by Gasteiger charge is -2.12. The van der Waals surface area contributed by atoms with E-state index in [1.54, 1.807) is 0 Å². The van der Waals surface area contributed by atoms with Gasteiger partial charge in [-0.25, -0.2) is 0 Å². The summed E-state index contributed by atoms with van der Waals surface area (Å²) in [5, 5.41) is 4.44. The molecule has 0 aliphatic carbocycles. The van der Waals surface area contributed by atoms with Gasteiger partial charge in [0, 0.05) is 12.7 Å². The highest BCUT2D eigenvalue weighted by Crippen LogP contribution is 2.25. The average Bonchev–Trinajstić information content (AvgIpc) is 2.78. The van der Waals surface area contributed by atoms with Crippen LogP contribution in [-0.2, 0) is 6.54 Å². The van der Waals surface area contributed by atoms with Crippen LogP contribution in [0.15, 0.2) is 12.4 Å². The second-order valence-electron chi connectivity index (χ2n) is 4.99. The number of aromatic nitrogens is 2. The van der Waals surface area contributed by atoms with Crippen LogP contribution in [0.4, 0.5) is 0 Å². The summed E-state index contributed by atoms with van der Waals surface area (Å²) in [6.45, 7) is 7.81. The van der Waals surface area contributed by atoms with Gasteiger partial charge in [0.1, 0.15) is 0 Å². The quantitative estimate of drug-likeness (QED) is 0.565. The van der Waals surface area contributed by atoms with Gasteiger partial charge in [-0.05, 0) is 30.7 Å². The van der Waals surface area contributed by atoms with Crippen LogP contribution in [0.5, 0.6) is 0 Å². The van der Waals surface area contributed by atoms with Gasteiger partial charge in [-0.3, -0.25) is 4.68 Å². The Labute approximate surface area is 106 Å². The first kappa shape index (κ1) is 14.3. The molecule has 1 heterocycles. The minimum atomic E-state index is 0.720. The van der Waals surface area contributed by atoms with Crippen LogP contribution in [-0.4, -0.2) is 9.78 Å². The van der Waals surface area contributed by atoms with Gasteiger partial charge in [0.15, 0.2) is 0 Å². The average molecular weight is 236 g/mol. The zero-order valence-corrected chi connectivity index (χ0v) is 11.8. The lowest BCUT2D eigenvalue weighted by molar-refractivity contribution is 0.541. The second-order valence-corrected chi connectivity index (χ2v) is 4.99. The Morgan fingerprint density at radius 3 is 2.59 bits per heavy atom. The van der Waals surface area contributed by atoms with E-state index in [9.17, 15) is 0 Å². The van der Waals surface area contributed by atoms with Gasteiger partial charge >= 0.3 is 0 Å². The summed E-state index contributed by atoms with van der Waals surface area (Å²) >= 11 is 0. The summed E-state index contributed by atoms with van der Waals surface area (Å²) in [6.07, 6.45) is 13.5. The van der Waals surface area contributed by atoms with Gasteiger partial charge < -0.3 is 0 Å². The maximum Gasteiger partial charge on any atom is 0.0524 e. The van der Waals surface area contributed by atoms with Gasteiger partial charge in [-0.2, -0.15) is 5.10 Å². The molecule has 0 aromatic carbocycles. The van der Waals surface area contributed by atoms with Crippen molar-refractivity contribution < 1.29 is 0 Å². The minimum absolute atomic E-state index is 0.720. The highest BCUT2D eigenvalue weighted by molar-refractivity contribution is 5.10. The number of hydrogen-bond donors (Lipinski definition) is 0. The Hall–Kier alpha value is -0.790. The number of rotatable bonds is 9. The normalized spacial score (nSPS) is 12.9. The van der Waals surface area contributed by atoms with Crippen molar-refractivity contribution in [1.29, 1.82) is 0 Å². The van der Waals surface area contributed by atoms with E-state index in [1.807, 2.05) is 0 Å². The Morgan fingerprint density at radius 2 is 1.94 bits per heavy atom. The molecule has 17 heavy (non-hydrogen) atoms. The van der Waals surface area contributed by atoms with Crippen LogP contribution >= 0.6 is 0 Å². The highest BCUT2D eigenvalue weighted by atomic mass is 15.3. The molecule has 1 aromatic heterocycles. The van der Waals surface area contributed by atoms with E-state index < -0.39 is 0 Å². The first-order valence-electron chi connectivity index (χ1n) is 7.34. The monoisotopic (exact) mass is 236 g/mol. The molecule has 2 heteroatoms. The highest BCUT2D eigenvalue weighted by Gasteiger charge is 2.11. The summed E-state index contributed by atoms with van der Waals surface area (Å²) in [6, 6.07) is 0. The standard InChI is InChI=1S/C15H28N2/c1-4-7-8-9-10-14(6-3)15-12-16-17(13-15)11-5-2/h12-14H,4-11H2,1-3H3. The van der Waals surface area contributed by atoms with E-state index in [0.717, 1.165) is 18.9 Å². The summed E-state index contributed by atoms with van der Waals surface area (Å²) in [5.41, 5.74) is 1.44. The maximum atomic E-state index is 4.44. The third-order valence-electron chi connectivity index (χ3n) is 3.48. The maximum absolute atomic E-state index is 4.44. The number of unbranched alkanes of at least 4 members (excludes halogenated alkanes) is 3. The molecule has 1 aromatic rings. The number of nitrogens with zero attached hydrogens (tertiary/aromatic N) is 2. The van der Waals surface area contributed by atoms with Crippen molar-refractivity contribution >= 4 is 0 Å². The fourth-order valence-corrected chi connectivity index (χ4v) is 2.37. The molecule has 1 atom stereocenters. The van der Waals surface area contributed by atoms with Crippen LogP contribution in [0.3, 0.4) is 0 Å². The fraction of sp³-hybridized carbons (Fsp3) is 0.800. The molecule has 0 amide bonds. The lowest BCUT2D eigenvalue weighted by Crippen LogP contribution is -1.98. The van der Waals surface area contributed by atoms with Crippen molar-refractivity contribution in [2.75, 3.05) is 0 Å². The Kier molecular flexibility index (Phi) is 6.99. The fourth-order valence-electron chi connectivity index (χ4n) is 2.37. The molecule has 98 valence electrons. The van der Waals surface area contributed by atoms with E-state index in [1.165, 1.54) is 44.1 Å².